The molecule has 0 atom stereocenters. The van der Waals surface area contributed by atoms with Crippen LogP contribution in [0.4, 0.5) is 0 Å². The minimum absolute atomic E-state index is 0.0701. The zero-order valence-electron chi connectivity index (χ0n) is 18.1. The van der Waals surface area contributed by atoms with E-state index in [-0.39, 0.29) is 11.7 Å². The molecule has 0 spiro atoms. The molecule has 3 heterocycles. The summed E-state index contributed by atoms with van der Waals surface area (Å²) in [6, 6.07) is 12.2. The number of nitrogens with zero attached hydrogens (tertiary/aromatic N) is 6. The molecule has 1 amide bonds. The molecule has 0 aliphatic rings. The van der Waals surface area contributed by atoms with Crippen LogP contribution in [0.15, 0.2) is 41.6 Å². The Morgan fingerprint density at radius 1 is 1.06 bits per heavy atom. The summed E-state index contributed by atoms with van der Waals surface area (Å²) in [5.41, 5.74) is 6.10. The van der Waals surface area contributed by atoms with Gasteiger partial charge >= 0.3 is 0 Å². The molecule has 0 aliphatic heterocycles. The minimum Gasteiger partial charge on any atom is -0.351 e. The summed E-state index contributed by atoms with van der Waals surface area (Å²) in [4.78, 5) is 21.2. The number of benzene rings is 1. The zero-order chi connectivity index (χ0) is 22.0. The van der Waals surface area contributed by atoms with Crippen molar-refractivity contribution in [2.75, 3.05) is 5.75 Å². The number of aromatic nitrogens is 6. The van der Waals surface area contributed by atoms with Gasteiger partial charge in [-0.3, -0.25) is 9.48 Å². The number of fused-ring (bicyclic) bond motifs is 1. The predicted molar refractivity (Wildman–Crippen MR) is 120 cm³/mol. The Kier molecular flexibility index (Phi) is 6.03. The quantitative estimate of drug-likeness (QED) is 0.449. The lowest BCUT2D eigenvalue weighted by Crippen LogP contribution is -2.25. The first-order valence-corrected chi connectivity index (χ1v) is 11.1. The average Bonchev–Trinajstić information content (AvgIpc) is 3.26. The molecule has 3 aromatic heterocycles. The van der Waals surface area contributed by atoms with Crippen LogP contribution in [0.5, 0.6) is 0 Å². The topological polar surface area (TPSA) is 90.0 Å². The first kappa shape index (κ1) is 21.0. The van der Waals surface area contributed by atoms with Gasteiger partial charge in [-0.1, -0.05) is 42.1 Å². The van der Waals surface area contributed by atoms with Gasteiger partial charge in [0.15, 0.2) is 0 Å². The molecule has 0 aliphatic carbocycles. The molecule has 8 nitrogen and oxygen atoms in total. The van der Waals surface area contributed by atoms with Crippen molar-refractivity contribution in [2.45, 2.75) is 45.9 Å². The summed E-state index contributed by atoms with van der Waals surface area (Å²) in [5, 5.41) is 12.6. The lowest BCUT2D eigenvalue weighted by molar-refractivity contribution is -0.118. The van der Waals surface area contributed by atoms with Crippen LogP contribution in [0.25, 0.3) is 5.78 Å². The monoisotopic (exact) mass is 435 g/mol. The number of amides is 1. The van der Waals surface area contributed by atoms with E-state index in [1.54, 1.807) is 4.52 Å². The molecule has 0 saturated carbocycles. The van der Waals surface area contributed by atoms with Crippen LogP contribution >= 0.6 is 11.8 Å². The Morgan fingerprint density at radius 3 is 2.61 bits per heavy atom. The molecule has 4 rings (SSSR count). The van der Waals surface area contributed by atoms with Gasteiger partial charge in [-0.15, -0.1) is 5.10 Å². The third-order valence-corrected chi connectivity index (χ3v) is 5.94. The second-order valence-electron chi connectivity index (χ2n) is 7.50. The van der Waals surface area contributed by atoms with E-state index < -0.39 is 0 Å². The maximum absolute atomic E-state index is 12.4. The first-order valence-electron chi connectivity index (χ1n) is 10.1. The molecule has 9 heteroatoms. The van der Waals surface area contributed by atoms with Gasteiger partial charge in [0, 0.05) is 29.2 Å². The molecule has 4 aromatic rings. The summed E-state index contributed by atoms with van der Waals surface area (Å²) in [7, 11) is 0. The van der Waals surface area contributed by atoms with Crippen molar-refractivity contribution in [2.24, 2.45) is 0 Å². The second kappa shape index (κ2) is 8.89. The highest BCUT2D eigenvalue weighted by Gasteiger charge is 2.14. The van der Waals surface area contributed by atoms with Gasteiger partial charge < -0.3 is 5.32 Å². The summed E-state index contributed by atoms with van der Waals surface area (Å²) < 4.78 is 3.68. The van der Waals surface area contributed by atoms with Crippen LogP contribution in [0, 0.1) is 27.7 Å². The fraction of sp³-hybridized carbons (Fsp3) is 0.318. The van der Waals surface area contributed by atoms with E-state index in [0.29, 0.717) is 24.0 Å². The van der Waals surface area contributed by atoms with Gasteiger partial charge in [0.25, 0.3) is 5.78 Å². The number of hydrogen-bond acceptors (Lipinski definition) is 6. The van der Waals surface area contributed by atoms with E-state index in [2.05, 4.69) is 37.6 Å². The lowest BCUT2D eigenvalue weighted by Gasteiger charge is -2.07. The fourth-order valence-corrected chi connectivity index (χ4v) is 4.13. The zero-order valence-corrected chi connectivity index (χ0v) is 18.9. The molecule has 31 heavy (non-hydrogen) atoms. The van der Waals surface area contributed by atoms with Gasteiger partial charge in [-0.2, -0.15) is 10.1 Å². The van der Waals surface area contributed by atoms with Crippen LogP contribution in [0.1, 0.15) is 33.9 Å². The van der Waals surface area contributed by atoms with Crippen LogP contribution in [0.2, 0.25) is 0 Å². The number of nitrogens with one attached hydrogen (secondary N) is 1. The number of hydrogen-bond donors (Lipinski definition) is 1. The summed E-state index contributed by atoms with van der Waals surface area (Å²) in [5.74, 6) is 0.724. The standard InChI is InChI=1S/C22H25N7OS/c1-14-10-15(2)29-21(24-14)25-22(27-29)31-13-20(30)23-11-19-16(3)26-28(17(19)4)12-18-8-6-5-7-9-18/h5-10H,11-13H2,1-4H3,(H,23,30). The second-order valence-corrected chi connectivity index (χ2v) is 8.45. The van der Waals surface area contributed by atoms with Crippen molar-refractivity contribution in [1.29, 1.82) is 0 Å². The van der Waals surface area contributed by atoms with Crippen molar-refractivity contribution >= 4 is 23.4 Å². The van der Waals surface area contributed by atoms with Crippen molar-refractivity contribution in [3.05, 3.63) is 70.3 Å². The Labute approximate surface area is 185 Å². The van der Waals surface area contributed by atoms with E-state index in [1.807, 2.05) is 56.6 Å². The van der Waals surface area contributed by atoms with Crippen LogP contribution < -0.4 is 5.32 Å². The first-order chi connectivity index (χ1) is 14.9. The van der Waals surface area contributed by atoms with E-state index in [1.165, 1.54) is 17.3 Å². The molecule has 0 radical (unpaired) electrons. The average molecular weight is 436 g/mol. The highest BCUT2D eigenvalue weighted by Crippen LogP contribution is 2.17. The summed E-state index contributed by atoms with van der Waals surface area (Å²) in [6.07, 6.45) is 0. The van der Waals surface area contributed by atoms with Crippen molar-refractivity contribution in [3.8, 4) is 0 Å². The Bertz CT molecular complexity index is 1230. The number of rotatable bonds is 7. The normalized spacial score (nSPS) is 11.2. The summed E-state index contributed by atoms with van der Waals surface area (Å²) in [6.45, 7) is 9.06. The predicted octanol–water partition coefficient (Wildman–Crippen LogP) is 3.01. The van der Waals surface area contributed by atoms with E-state index >= 15 is 0 Å². The van der Waals surface area contributed by atoms with Crippen molar-refractivity contribution < 1.29 is 4.79 Å². The largest absolute Gasteiger partial charge is 0.351 e. The highest BCUT2D eigenvalue weighted by molar-refractivity contribution is 7.99. The minimum atomic E-state index is -0.0701. The molecular weight excluding hydrogens is 410 g/mol. The third-order valence-electron chi connectivity index (χ3n) is 5.10. The summed E-state index contributed by atoms with van der Waals surface area (Å²) >= 11 is 1.30. The molecule has 0 saturated heterocycles. The van der Waals surface area contributed by atoms with Crippen LogP contribution in [-0.2, 0) is 17.9 Å². The van der Waals surface area contributed by atoms with E-state index in [4.69, 9.17) is 0 Å². The van der Waals surface area contributed by atoms with Gasteiger partial charge in [0.1, 0.15) is 0 Å². The lowest BCUT2D eigenvalue weighted by atomic mass is 10.2. The van der Waals surface area contributed by atoms with Gasteiger partial charge in [0.05, 0.1) is 18.0 Å². The molecule has 1 aromatic carbocycles. The molecule has 0 unspecified atom stereocenters. The number of aryl methyl sites for hydroxylation is 3. The van der Waals surface area contributed by atoms with Crippen LogP contribution in [0.3, 0.4) is 0 Å². The molecule has 0 bridgehead atoms. The number of carbonyl (C=O) groups excluding carboxylic acids is 1. The SMILES string of the molecule is Cc1cc(C)n2nc(SCC(=O)NCc3c(C)nn(Cc4ccccc4)c3C)nc2n1. The Hall–Kier alpha value is -3.20. The van der Waals surface area contributed by atoms with E-state index in [9.17, 15) is 4.79 Å². The van der Waals surface area contributed by atoms with E-state index in [0.717, 1.165) is 28.3 Å². The molecular formula is C22H25N7OS. The smallest absolute Gasteiger partial charge is 0.253 e. The van der Waals surface area contributed by atoms with Gasteiger partial charge in [0.2, 0.25) is 11.1 Å². The molecule has 160 valence electrons. The van der Waals surface area contributed by atoms with Crippen molar-refractivity contribution in [3.63, 3.8) is 0 Å². The maximum Gasteiger partial charge on any atom is 0.253 e. The number of carbonyl (C=O) groups is 1. The van der Waals surface area contributed by atoms with Crippen molar-refractivity contribution in [1.82, 2.24) is 34.7 Å². The third kappa shape index (κ3) is 4.77. The molecule has 0 fully saturated rings. The molecule has 1 N–H and O–H groups in total. The van der Waals surface area contributed by atoms with Gasteiger partial charge in [-0.05, 0) is 39.3 Å². The Balaban J connectivity index is 1.35. The fourth-order valence-electron chi connectivity index (χ4n) is 3.48. The Morgan fingerprint density at radius 2 is 1.84 bits per heavy atom. The maximum atomic E-state index is 12.4. The highest BCUT2D eigenvalue weighted by atomic mass is 32.2. The van der Waals surface area contributed by atoms with Gasteiger partial charge in [-0.25, -0.2) is 9.50 Å². The number of thioether (sulfide) groups is 1. The van der Waals surface area contributed by atoms with Crippen LogP contribution in [-0.4, -0.2) is 41.0 Å².